The first-order valence-corrected chi connectivity index (χ1v) is 9.01. The van der Waals surface area contributed by atoms with Gasteiger partial charge in [-0.25, -0.2) is 4.99 Å². The molecule has 2 aromatic carbocycles. The third-order valence-corrected chi connectivity index (χ3v) is 4.16. The van der Waals surface area contributed by atoms with Gasteiger partial charge in [0.1, 0.15) is 5.75 Å². The molecule has 2 aromatic rings. The number of guanidine groups is 1. The molecule has 0 spiro atoms. The average Bonchev–Trinajstić information content (AvgIpc) is 2.66. The predicted molar refractivity (Wildman–Crippen MR) is 122 cm³/mol. The first-order chi connectivity index (χ1) is 12.7. The number of ether oxygens (including phenoxy) is 1. The fourth-order valence-corrected chi connectivity index (χ4v) is 2.79. The number of aliphatic hydroxyl groups excluding tert-OH is 1. The zero-order chi connectivity index (χ0) is 18.8. The Balaban J connectivity index is 0.00000364. The van der Waals surface area contributed by atoms with Gasteiger partial charge in [-0.1, -0.05) is 42.0 Å². The van der Waals surface area contributed by atoms with Crippen molar-refractivity contribution < 1.29 is 9.84 Å². The van der Waals surface area contributed by atoms with Crippen molar-refractivity contribution in [2.75, 3.05) is 20.2 Å². The molecular weight excluding hydrogens is 453 g/mol. The van der Waals surface area contributed by atoms with Crippen molar-refractivity contribution in [2.45, 2.75) is 33.4 Å². The maximum atomic E-state index is 9.43. The summed E-state index contributed by atoms with van der Waals surface area (Å²) >= 11 is 0. The number of aliphatic imine (C=N–C) groups is 1. The van der Waals surface area contributed by atoms with Gasteiger partial charge in [0, 0.05) is 13.1 Å². The minimum Gasteiger partial charge on any atom is -0.496 e. The highest BCUT2D eigenvalue weighted by atomic mass is 127. The lowest BCUT2D eigenvalue weighted by atomic mass is 10.1. The second-order valence-corrected chi connectivity index (χ2v) is 6.11. The fraction of sp³-hybridized carbons (Fsp3) is 0.381. The van der Waals surface area contributed by atoms with Gasteiger partial charge in [-0.15, -0.1) is 24.0 Å². The van der Waals surface area contributed by atoms with E-state index in [0.717, 1.165) is 42.3 Å². The molecule has 0 amide bonds. The average molecular weight is 483 g/mol. The monoisotopic (exact) mass is 483 g/mol. The lowest BCUT2D eigenvalue weighted by molar-refractivity contribution is 0.280. The van der Waals surface area contributed by atoms with Crippen LogP contribution < -0.4 is 15.4 Å². The molecule has 0 aliphatic rings. The van der Waals surface area contributed by atoms with E-state index in [1.165, 1.54) is 11.1 Å². The summed E-state index contributed by atoms with van der Waals surface area (Å²) < 4.78 is 5.44. The summed E-state index contributed by atoms with van der Waals surface area (Å²) in [6, 6.07) is 14.0. The number of hydrogen-bond donors (Lipinski definition) is 3. The van der Waals surface area contributed by atoms with Gasteiger partial charge in [-0.05, 0) is 43.0 Å². The van der Waals surface area contributed by atoms with Gasteiger partial charge in [0.2, 0.25) is 0 Å². The first-order valence-electron chi connectivity index (χ1n) is 9.01. The molecule has 0 saturated heterocycles. The zero-order valence-electron chi connectivity index (χ0n) is 16.3. The molecule has 5 nitrogen and oxygen atoms in total. The summed E-state index contributed by atoms with van der Waals surface area (Å²) in [5.74, 6) is 1.68. The third-order valence-electron chi connectivity index (χ3n) is 4.16. The third kappa shape index (κ3) is 7.38. The highest BCUT2D eigenvalue weighted by Crippen LogP contribution is 2.19. The maximum absolute atomic E-state index is 9.43. The van der Waals surface area contributed by atoms with Crippen molar-refractivity contribution in [1.29, 1.82) is 0 Å². The molecule has 0 atom stereocenters. The molecule has 0 fully saturated rings. The quantitative estimate of drug-likeness (QED) is 0.306. The fourth-order valence-electron chi connectivity index (χ4n) is 2.79. The molecule has 2 rings (SSSR count). The van der Waals surface area contributed by atoms with E-state index in [1.54, 1.807) is 7.11 Å². The molecule has 0 saturated carbocycles. The molecule has 148 valence electrons. The number of aliphatic hydroxyl groups is 1. The summed E-state index contributed by atoms with van der Waals surface area (Å²) in [4.78, 5) is 4.64. The normalized spacial score (nSPS) is 10.9. The van der Waals surface area contributed by atoms with Crippen LogP contribution in [0.25, 0.3) is 0 Å². The Hall–Kier alpha value is -1.80. The number of rotatable bonds is 8. The number of hydrogen-bond acceptors (Lipinski definition) is 3. The topological polar surface area (TPSA) is 65.9 Å². The molecule has 0 aliphatic heterocycles. The van der Waals surface area contributed by atoms with Crippen molar-refractivity contribution in [1.82, 2.24) is 10.6 Å². The van der Waals surface area contributed by atoms with Crippen LogP contribution >= 0.6 is 24.0 Å². The van der Waals surface area contributed by atoms with Crippen LogP contribution in [0.5, 0.6) is 5.75 Å². The molecule has 0 unspecified atom stereocenters. The van der Waals surface area contributed by atoms with Crippen molar-refractivity contribution in [3.05, 3.63) is 64.7 Å². The smallest absolute Gasteiger partial charge is 0.191 e. The minimum absolute atomic E-state index is 0. The summed E-state index contributed by atoms with van der Waals surface area (Å²) in [6.07, 6.45) is 0.850. The van der Waals surface area contributed by atoms with Crippen LogP contribution in [-0.2, 0) is 19.6 Å². The first kappa shape index (κ1) is 23.2. The lowest BCUT2D eigenvalue weighted by Crippen LogP contribution is -2.38. The van der Waals surface area contributed by atoms with E-state index in [4.69, 9.17) is 4.74 Å². The zero-order valence-corrected chi connectivity index (χ0v) is 18.6. The Morgan fingerprint density at radius 1 is 1.07 bits per heavy atom. The van der Waals surface area contributed by atoms with Gasteiger partial charge in [-0.3, -0.25) is 0 Å². The molecule has 6 heteroatoms. The van der Waals surface area contributed by atoms with Gasteiger partial charge >= 0.3 is 0 Å². The molecule has 0 heterocycles. The van der Waals surface area contributed by atoms with Crippen molar-refractivity contribution in [2.24, 2.45) is 4.99 Å². The number of nitrogens with zero attached hydrogens (tertiary/aromatic N) is 1. The van der Waals surface area contributed by atoms with E-state index in [0.29, 0.717) is 6.54 Å². The van der Waals surface area contributed by atoms with E-state index in [1.807, 2.05) is 37.3 Å². The van der Waals surface area contributed by atoms with E-state index >= 15 is 0 Å². The molecule has 0 aromatic heterocycles. The molecule has 3 N–H and O–H groups in total. The SMILES string of the molecule is CCNC(=NCc1ccccc1CO)NCCc1cc(C)ccc1OC.I. The molecule has 0 radical (unpaired) electrons. The Kier molecular flexibility index (Phi) is 10.8. The highest BCUT2D eigenvalue weighted by molar-refractivity contribution is 14.0. The summed E-state index contributed by atoms with van der Waals surface area (Å²) in [5, 5.41) is 16.1. The Bertz CT molecular complexity index is 735. The Morgan fingerprint density at radius 2 is 1.81 bits per heavy atom. The van der Waals surface area contributed by atoms with Crippen LogP contribution in [0.1, 0.15) is 29.2 Å². The van der Waals surface area contributed by atoms with E-state index < -0.39 is 0 Å². The summed E-state index contributed by atoms with van der Waals surface area (Å²) in [7, 11) is 1.70. The van der Waals surface area contributed by atoms with Crippen LogP contribution in [-0.4, -0.2) is 31.3 Å². The van der Waals surface area contributed by atoms with Crippen LogP contribution in [0, 0.1) is 6.92 Å². The number of benzene rings is 2. The predicted octanol–water partition coefficient (Wildman–Crippen LogP) is 3.41. The highest BCUT2D eigenvalue weighted by Gasteiger charge is 2.05. The van der Waals surface area contributed by atoms with Crippen molar-refractivity contribution in [3.63, 3.8) is 0 Å². The van der Waals surface area contributed by atoms with Crippen LogP contribution in [0.3, 0.4) is 0 Å². The van der Waals surface area contributed by atoms with E-state index in [2.05, 4.69) is 34.7 Å². The lowest BCUT2D eigenvalue weighted by Gasteiger charge is -2.13. The van der Waals surface area contributed by atoms with E-state index in [9.17, 15) is 5.11 Å². The largest absolute Gasteiger partial charge is 0.496 e. The van der Waals surface area contributed by atoms with Gasteiger partial charge in [0.15, 0.2) is 5.96 Å². The second-order valence-electron chi connectivity index (χ2n) is 6.11. The molecular formula is C21H30IN3O2. The number of aryl methyl sites for hydroxylation is 1. The van der Waals surface area contributed by atoms with Gasteiger partial charge in [0.05, 0.1) is 20.3 Å². The number of halogens is 1. The van der Waals surface area contributed by atoms with Crippen LogP contribution in [0.15, 0.2) is 47.5 Å². The minimum atomic E-state index is 0. The van der Waals surface area contributed by atoms with Crippen molar-refractivity contribution in [3.8, 4) is 5.75 Å². The van der Waals surface area contributed by atoms with Gasteiger partial charge in [-0.2, -0.15) is 0 Å². The number of methoxy groups -OCH3 is 1. The Morgan fingerprint density at radius 3 is 2.48 bits per heavy atom. The van der Waals surface area contributed by atoms with Gasteiger partial charge in [0.25, 0.3) is 0 Å². The summed E-state index contributed by atoms with van der Waals surface area (Å²) in [5.41, 5.74) is 4.35. The van der Waals surface area contributed by atoms with E-state index in [-0.39, 0.29) is 30.6 Å². The van der Waals surface area contributed by atoms with Crippen LogP contribution in [0.2, 0.25) is 0 Å². The molecule has 0 bridgehead atoms. The maximum Gasteiger partial charge on any atom is 0.191 e. The summed E-state index contributed by atoms with van der Waals surface area (Å²) in [6.45, 7) is 6.24. The standard InChI is InChI=1S/C21H29N3O2.HI/c1-4-22-21(24-14-18-7-5-6-8-19(18)15-25)23-12-11-17-13-16(2)9-10-20(17)26-3;/h5-10,13,25H,4,11-12,14-15H2,1-3H3,(H2,22,23,24);1H. The number of nitrogens with one attached hydrogen (secondary N) is 2. The molecule has 0 aliphatic carbocycles. The van der Waals surface area contributed by atoms with Crippen LogP contribution in [0.4, 0.5) is 0 Å². The Labute approximate surface area is 179 Å². The molecule has 27 heavy (non-hydrogen) atoms. The van der Waals surface area contributed by atoms with Gasteiger partial charge < -0.3 is 20.5 Å². The van der Waals surface area contributed by atoms with Crippen molar-refractivity contribution >= 4 is 29.9 Å². The second kappa shape index (κ2) is 12.6.